The van der Waals surface area contributed by atoms with Gasteiger partial charge >= 0.3 is 0 Å². The predicted octanol–water partition coefficient (Wildman–Crippen LogP) is 3.46. The fourth-order valence-corrected chi connectivity index (χ4v) is 2.29. The van der Waals surface area contributed by atoms with Gasteiger partial charge < -0.3 is 5.73 Å². The largest absolute Gasteiger partial charge is 0.382 e. The highest BCUT2D eigenvalue weighted by atomic mass is 35.5. The molecular weight excluding hydrogens is 265 g/mol. The molecule has 0 radical (unpaired) electrons. The molecule has 3 aromatic rings. The lowest BCUT2D eigenvalue weighted by atomic mass is 10.2. The third kappa shape index (κ3) is 2.15. The van der Waals surface area contributed by atoms with E-state index < -0.39 is 0 Å². The van der Waals surface area contributed by atoms with Gasteiger partial charge in [0.05, 0.1) is 12.1 Å². The molecule has 0 aliphatic heterocycles. The van der Waals surface area contributed by atoms with Gasteiger partial charge in [-0.1, -0.05) is 23.7 Å². The molecule has 0 saturated heterocycles. The molecule has 0 bridgehead atoms. The number of aromatic nitrogens is 2. The first-order chi connectivity index (χ1) is 9.15. The fourth-order valence-electron chi connectivity index (χ4n) is 2.10. The van der Waals surface area contributed by atoms with E-state index in [1.54, 1.807) is 10.7 Å². The van der Waals surface area contributed by atoms with Crippen LogP contribution in [0, 0.1) is 5.82 Å². The summed E-state index contributed by atoms with van der Waals surface area (Å²) in [4.78, 5) is 0. The highest BCUT2D eigenvalue weighted by Gasteiger charge is 2.10. The van der Waals surface area contributed by atoms with E-state index in [4.69, 9.17) is 17.3 Å². The second kappa shape index (κ2) is 4.55. The first-order valence-electron chi connectivity index (χ1n) is 5.80. The highest BCUT2D eigenvalue weighted by Crippen LogP contribution is 2.22. The van der Waals surface area contributed by atoms with E-state index in [-0.39, 0.29) is 5.82 Å². The van der Waals surface area contributed by atoms with Gasteiger partial charge in [0.25, 0.3) is 0 Å². The van der Waals surface area contributed by atoms with Crippen LogP contribution in [0.2, 0.25) is 5.02 Å². The van der Waals surface area contributed by atoms with Gasteiger partial charge in [0.15, 0.2) is 5.82 Å². The number of fused-ring (bicyclic) bond motifs is 1. The minimum Gasteiger partial charge on any atom is -0.382 e. The summed E-state index contributed by atoms with van der Waals surface area (Å²) in [6, 6.07) is 12.1. The van der Waals surface area contributed by atoms with E-state index in [9.17, 15) is 4.39 Å². The lowest BCUT2D eigenvalue weighted by molar-refractivity contribution is 0.591. The monoisotopic (exact) mass is 275 g/mol. The summed E-state index contributed by atoms with van der Waals surface area (Å²) >= 11 is 5.89. The molecule has 1 aromatic heterocycles. The summed E-state index contributed by atoms with van der Waals surface area (Å²) in [5.74, 6) is 0.139. The van der Waals surface area contributed by atoms with Crippen LogP contribution in [-0.4, -0.2) is 9.78 Å². The van der Waals surface area contributed by atoms with Crippen molar-refractivity contribution in [3.05, 3.63) is 58.9 Å². The van der Waals surface area contributed by atoms with Crippen LogP contribution in [0.1, 0.15) is 5.56 Å². The standard InChI is InChI=1S/C14H11ClFN3/c15-10-5-6-12(16)9(7-10)8-19-13-4-2-1-3-11(13)14(17)18-19/h1-7H,8H2,(H2,17,18). The van der Waals surface area contributed by atoms with E-state index >= 15 is 0 Å². The Labute approximate surface area is 114 Å². The Kier molecular flexibility index (Phi) is 2.87. The van der Waals surface area contributed by atoms with E-state index in [0.717, 1.165) is 10.9 Å². The van der Waals surface area contributed by atoms with Crippen LogP contribution in [0.3, 0.4) is 0 Å². The Morgan fingerprint density at radius 1 is 1.21 bits per heavy atom. The zero-order valence-electron chi connectivity index (χ0n) is 9.98. The maximum Gasteiger partial charge on any atom is 0.153 e. The Balaban J connectivity index is 2.08. The number of halogens is 2. The Morgan fingerprint density at radius 2 is 2.00 bits per heavy atom. The number of anilines is 1. The van der Waals surface area contributed by atoms with Crippen molar-refractivity contribution in [2.75, 3.05) is 5.73 Å². The molecule has 0 unspecified atom stereocenters. The summed E-state index contributed by atoms with van der Waals surface area (Å²) < 4.78 is 15.4. The second-order valence-corrected chi connectivity index (χ2v) is 4.73. The molecule has 0 amide bonds. The van der Waals surface area contributed by atoms with E-state index in [0.29, 0.717) is 22.9 Å². The molecular formula is C14H11ClFN3. The van der Waals surface area contributed by atoms with Crippen LogP contribution in [-0.2, 0) is 6.54 Å². The molecule has 96 valence electrons. The van der Waals surface area contributed by atoms with Crippen LogP contribution in [0.15, 0.2) is 42.5 Å². The van der Waals surface area contributed by atoms with Gasteiger partial charge in [0.1, 0.15) is 5.82 Å². The zero-order valence-corrected chi connectivity index (χ0v) is 10.7. The van der Waals surface area contributed by atoms with Gasteiger partial charge in [0.2, 0.25) is 0 Å². The van der Waals surface area contributed by atoms with Gasteiger partial charge in [-0.15, -0.1) is 0 Å². The molecule has 0 fully saturated rings. The van der Waals surface area contributed by atoms with Crippen molar-refractivity contribution in [2.24, 2.45) is 0 Å². The molecule has 3 nitrogen and oxygen atoms in total. The normalized spacial score (nSPS) is 11.1. The van der Waals surface area contributed by atoms with E-state index in [1.165, 1.54) is 12.1 Å². The highest BCUT2D eigenvalue weighted by molar-refractivity contribution is 6.30. The Morgan fingerprint density at radius 3 is 2.84 bits per heavy atom. The van der Waals surface area contributed by atoms with Gasteiger partial charge in [-0.2, -0.15) is 5.10 Å². The number of nitrogens with two attached hydrogens (primary N) is 1. The topological polar surface area (TPSA) is 43.8 Å². The minimum absolute atomic E-state index is 0.296. The third-order valence-corrected chi connectivity index (χ3v) is 3.25. The van der Waals surface area contributed by atoms with Crippen LogP contribution in [0.5, 0.6) is 0 Å². The summed E-state index contributed by atoms with van der Waals surface area (Å²) in [5, 5.41) is 5.61. The smallest absolute Gasteiger partial charge is 0.153 e. The molecule has 0 aliphatic carbocycles. The van der Waals surface area contributed by atoms with Crippen molar-refractivity contribution in [2.45, 2.75) is 6.54 Å². The molecule has 3 rings (SSSR count). The molecule has 0 aliphatic rings. The van der Waals surface area contributed by atoms with Crippen LogP contribution in [0.4, 0.5) is 10.2 Å². The molecule has 0 saturated carbocycles. The maximum atomic E-state index is 13.7. The van der Waals surface area contributed by atoms with E-state index in [2.05, 4.69) is 5.10 Å². The SMILES string of the molecule is Nc1nn(Cc2cc(Cl)ccc2F)c2ccccc12. The summed E-state index contributed by atoms with van der Waals surface area (Å²) in [6.07, 6.45) is 0. The number of nitrogen functional groups attached to an aromatic ring is 1. The van der Waals surface area contributed by atoms with Gasteiger partial charge in [-0.3, -0.25) is 4.68 Å². The van der Waals surface area contributed by atoms with Crippen LogP contribution >= 0.6 is 11.6 Å². The average molecular weight is 276 g/mol. The molecule has 0 atom stereocenters. The molecule has 5 heteroatoms. The first-order valence-corrected chi connectivity index (χ1v) is 6.18. The lowest BCUT2D eigenvalue weighted by Gasteiger charge is -2.05. The number of hydrogen-bond acceptors (Lipinski definition) is 2. The molecule has 1 heterocycles. The summed E-state index contributed by atoms with van der Waals surface area (Å²) in [6.45, 7) is 0.296. The molecule has 0 spiro atoms. The number of hydrogen-bond donors (Lipinski definition) is 1. The lowest BCUT2D eigenvalue weighted by Crippen LogP contribution is -2.04. The third-order valence-electron chi connectivity index (χ3n) is 3.01. The number of para-hydroxylation sites is 1. The number of rotatable bonds is 2. The maximum absolute atomic E-state index is 13.7. The van der Waals surface area contributed by atoms with Crippen molar-refractivity contribution in [1.82, 2.24) is 9.78 Å². The first kappa shape index (κ1) is 12.0. The van der Waals surface area contributed by atoms with Gasteiger partial charge in [-0.25, -0.2) is 4.39 Å². The molecule has 2 aromatic carbocycles. The Bertz CT molecular complexity index is 752. The molecule has 2 N–H and O–H groups in total. The van der Waals surface area contributed by atoms with Crippen LogP contribution in [0.25, 0.3) is 10.9 Å². The van der Waals surface area contributed by atoms with Crippen molar-refractivity contribution in [3.63, 3.8) is 0 Å². The van der Waals surface area contributed by atoms with Gasteiger partial charge in [0, 0.05) is 16.0 Å². The molecule has 19 heavy (non-hydrogen) atoms. The van der Waals surface area contributed by atoms with Crippen molar-refractivity contribution in [3.8, 4) is 0 Å². The van der Waals surface area contributed by atoms with Gasteiger partial charge in [-0.05, 0) is 30.3 Å². The zero-order chi connectivity index (χ0) is 13.4. The number of nitrogens with zero attached hydrogens (tertiary/aromatic N) is 2. The Hall–Kier alpha value is -2.07. The van der Waals surface area contributed by atoms with E-state index in [1.807, 2.05) is 24.3 Å². The van der Waals surface area contributed by atoms with Crippen molar-refractivity contribution < 1.29 is 4.39 Å². The fraction of sp³-hybridized carbons (Fsp3) is 0.0714. The van der Waals surface area contributed by atoms with Crippen molar-refractivity contribution >= 4 is 28.3 Å². The number of benzene rings is 2. The summed E-state index contributed by atoms with van der Waals surface area (Å²) in [7, 11) is 0. The second-order valence-electron chi connectivity index (χ2n) is 4.30. The predicted molar refractivity (Wildman–Crippen MR) is 74.7 cm³/mol. The summed E-state index contributed by atoms with van der Waals surface area (Å²) in [5.41, 5.74) is 7.21. The average Bonchev–Trinajstić information content (AvgIpc) is 2.72. The van der Waals surface area contributed by atoms with Crippen LogP contribution < -0.4 is 5.73 Å². The van der Waals surface area contributed by atoms with Crippen molar-refractivity contribution in [1.29, 1.82) is 0 Å². The quantitative estimate of drug-likeness (QED) is 0.778. The minimum atomic E-state index is -0.303.